The average molecular weight is 640 g/mol. The molecule has 0 bridgehead atoms. The predicted molar refractivity (Wildman–Crippen MR) is 172 cm³/mol. The van der Waals surface area contributed by atoms with E-state index >= 15 is 0 Å². The Balaban J connectivity index is 1.25. The molecule has 2 heterocycles. The zero-order valence-electron chi connectivity index (χ0n) is 24.1. The summed E-state index contributed by atoms with van der Waals surface area (Å²) < 4.78 is 45.8. The molecule has 0 spiro atoms. The van der Waals surface area contributed by atoms with Crippen molar-refractivity contribution in [1.29, 1.82) is 0 Å². The lowest BCUT2D eigenvalue weighted by Crippen LogP contribution is -2.11. The minimum Gasteiger partial charge on any atom is -0.478 e. The first-order valence-corrected chi connectivity index (χ1v) is 14.5. The fourth-order valence-corrected chi connectivity index (χ4v) is 5.17. The number of ether oxygens (including phenoxy) is 1. The molecule has 230 valence electrons. The maximum Gasteiger partial charge on any atom is 0.259 e. The number of rotatable bonds is 9. The van der Waals surface area contributed by atoms with Crippen molar-refractivity contribution in [2.24, 2.45) is 0 Å². The second kappa shape index (κ2) is 13.2. The standard InChI is InChI=1S/C34H24F3N5O3S/c1-44-34-30(45-42-46-31-12-8-25(36)17-28(31)37)16-23(18-39-34)19-5-11-29-22(13-19)15-27(32(38)41-29)20-3-2-4-21(14-20)33(43)40-26-9-6-24(35)7-10-26/h2-18,42H,1H3,(H2,38,41)(H,40,43). The van der Waals surface area contributed by atoms with Crippen LogP contribution in [0.4, 0.5) is 24.7 Å². The van der Waals surface area contributed by atoms with Crippen LogP contribution in [-0.4, -0.2) is 23.0 Å². The topological polar surface area (TPSA) is 111 Å². The molecule has 4 aromatic carbocycles. The molecule has 6 aromatic rings. The number of anilines is 2. The van der Waals surface area contributed by atoms with Gasteiger partial charge in [0.15, 0.2) is 0 Å². The highest BCUT2D eigenvalue weighted by Crippen LogP contribution is 2.34. The summed E-state index contributed by atoms with van der Waals surface area (Å²) in [5.41, 5.74) is 10.7. The Morgan fingerprint density at radius 3 is 2.43 bits per heavy atom. The van der Waals surface area contributed by atoms with Crippen LogP contribution in [0, 0.1) is 17.5 Å². The molecular weight excluding hydrogens is 615 g/mol. The van der Waals surface area contributed by atoms with Crippen LogP contribution in [0.15, 0.2) is 108 Å². The number of hydrogen-bond acceptors (Lipinski definition) is 8. The number of carbonyl (C=O) groups is 1. The molecular formula is C34H24F3N5O3S. The molecule has 0 radical (unpaired) electrons. The quantitative estimate of drug-likeness (QED) is 0.109. The Morgan fingerprint density at radius 1 is 0.848 bits per heavy atom. The van der Waals surface area contributed by atoms with Gasteiger partial charge >= 0.3 is 0 Å². The number of benzene rings is 4. The number of aromatic nitrogens is 2. The molecule has 0 aliphatic carbocycles. The molecule has 0 aliphatic heterocycles. The fourth-order valence-electron chi connectivity index (χ4n) is 4.65. The Bertz CT molecular complexity index is 2080. The van der Waals surface area contributed by atoms with E-state index in [1.54, 1.807) is 30.5 Å². The smallest absolute Gasteiger partial charge is 0.259 e. The van der Waals surface area contributed by atoms with Gasteiger partial charge in [-0.15, -0.1) is 0 Å². The number of nitrogens with two attached hydrogens (primary N) is 1. The van der Waals surface area contributed by atoms with E-state index in [9.17, 15) is 18.0 Å². The summed E-state index contributed by atoms with van der Waals surface area (Å²) >= 11 is 0.822. The van der Waals surface area contributed by atoms with Crippen molar-refractivity contribution >= 4 is 40.3 Å². The van der Waals surface area contributed by atoms with Gasteiger partial charge in [-0.2, -0.15) is 0 Å². The molecule has 12 heteroatoms. The third kappa shape index (κ3) is 6.72. The van der Waals surface area contributed by atoms with Gasteiger partial charge in [-0.05, 0) is 95.9 Å². The van der Waals surface area contributed by atoms with Crippen LogP contribution in [-0.2, 0) is 0 Å². The number of carbonyl (C=O) groups excluding carboxylic acids is 1. The van der Waals surface area contributed by atoms with Gasteiger partial charge in [-0.25, -0.2) is 23.1 Å². The maximum absolute atomic E-state index is 14.0. The molecule has 0 saturated carbocycles. The first kappa shape index (κ1) is 30.4. The average Bonchev–Trinajstić information content (AvgIpc) is 3.06. The molecule has 4 N–H and O–H groups in total. The molecule has 6 rings (SSSR count). The van der Waals surface area contributed by atoms with Crippen LogP contribution in [0.3, 0.4) is 0 Å². The molecule has 0 unspecified atom stereocenters. The molecule has 1 amide bonds. The number of fused-ring (bicyclic) bond motifs is 1. The van der Waals surface area contributed by atoms with E-state index in [1.807, 2.05) is 30.3 Å². The highest BCUT2D eigenvalue weighted by atomic mass is 32.2. The number of amides is 1. The highest BCUT2D eigenvalue weighted by molar-refractivity contribution is 7.97. The van der Waals surface area contributed by atoms with Crippen molar-refractivity contribution in [3.8, 4) is 33.9 Å². The lowest BCUT2D eigenvalue weighted by molar-refractivity contribution is 0.102. The molecule has 46 heavy (non-hydrogen) atoms. The zero-order valence-corrected chi connectivity index (χ0v) is 24.9. The van der Waals surface area contributed by atoms with Gasteiger partial charge in [-0.3, -0.25) is 4.79 Å². The van der Waals surface area contributed by atoms with Gasteiger partial charge in [0.2, 0.25) is 5.75 Å². The van der Waals surface area contributed by atoms with Crippen molar-refractivity contribution in [3.63, 3.8) is 0 Å². The van der Waals surface area contributed by atoms with E-state index in [-0.39, 0.29) is 22.4 Å². The van der Waals surface area contributed by atoms with Crippen molar-refractivity contribution in [3.05, 3.63) is 126 Å². The fraction of sp³-hybridized carbons (Fsp3) is 0.0294. The van der Waals surface area contributed by atoms with Crippen LogP contribution in [0.25, 0.3) is 33.2 Å². The largest absolute Gasteiger partial charge is 0.478 e. The monoisotopic (exact) mass is 639 g/mol. The van der Waals surface area contributed by atoms with E-state index < -0.39 is 17.5 Å². The Hall–Kier alpha value is -5.59. The van der Waals surface area contributed by atoms with E-state index in [4.69, 9.17) is 15.3 Å². The van der Waals surface area contributed by atoms with E-state index in [0.29, 0.717) is 39.3 Å². The SMILES string of the molecule is COc1ncc(-c2ccc3nc(N)c(-c4cccc(C(=O)Nc5ccc(F)cc5)c4)cc3c2)cc1ONSc1ccc(F)cc1F. The minimum atomic E-state index is -0.732. The third-order valence-electron chi connectivity index (χ3n) is 6.92. The van der Waals surface area contributed by atoms with Gasteiger partial charge in [0.05, 0.1) is 17.5 Å². The molecule has 8 nitrogen and oxygen atoms in total. The van der Waals surface area contributed by atoms with Crippen molar-refractivity contribution in [2.45, 2.75) is 4.90 Å². The summed E-state index contributed by atoms with van der Waals surface area (Å²) in [6.45, 7) is 0. The third-order valence-corrected chi connectivity index (χ3v) is 7.64. The summed E-state index contributed by atoms with van der Waals surface area (Å²) in [5.74, 6) is -1.44. The first-order valence-electron chi connectivity index (χ1n) is 13.7. The summed E-state index contributed by atoms with van der Waals surface area (Å²) in [6.07, 6.45) is 1.62. The Labute approximate surface area is 265 Å². The number of nitrogens with zero attached hydrogens (tertiary/aromatic N) is 2. The normalized spacial score (nSPS) is 11.0. The van der Waals surface area contributed by atoms with Crippen molar-refractivity contribution in [2.75, 3.05) is 18.2 Å². The van der Waals surface area contributed by atoms with Crippen LogP contribution in [0.1, 0.15) is 10.4 Å². The van der Waals surface area contributed by atoms with Gasteiger partial charge < -0.3 is 20.6 Å². The van der Waals surface area contributed by atoms with Gasteiger partial charge in [0, 0.05) is 40.0 Å². The number of nitrogens with one attached hydrogen (secondary N) is 2. The number of nitrogen functional groups attached to an aromatic ring is 1. The summed E-state index contributed by atoms with van der Waals surface area (Å²) in [4.78, 5) is 30.2. The lowest BCUT2D eigenvalue weighted by Gasteiger charge is -2.13. The summed E-state index contributed by atoms with van der Waals surface area (Å²) in [5, 5.41) is 3.54. The van der Waals surface area contributed by atoms with Crippen molar-refractivity contribution < 1.29 is 27.5 Å². The number of hydrogen-bond donors (Lipinski definition) is 3. The van der Waals surface area contributed by atoms with Crippen LogP contribution < -0.4 is 25.5 Å². The minimum absolute atomic E-state index is 0.139. The van der Waals surface area contributed by atoms with Gasteiger partial charge in [0.1, 0.15) is 23.3 Å². The summed E-state index contributed by atoms with van der Waals surface area (Å²) in [6, 6.07) is 24.9. The van der Waals surface area contributed by atoms with Gasteiger partial charge in [0.25, 0.3) is 11.8 Å². The zero-order chi connectivity index (χ0) is 32.2. The molecule has 0 saturated heterocycles. The maximum atomic E-state index is 14.0. The number of pyridine rings is 2. The van der Waals surface area contributed by atoms with Gasteiger partial charge in [-0.1, -0.05) is 23.1 Å². The molecule has 2 aromatic heterocycles. The molecule has 0 fully saturated rings. The molecule has 0 atom stereocenters. The van der Waals surface area contributed by atoms with Crippen molar-refractivity contribution in [1.82, 2.24) is 14.9 Å². The number of halogens is 3. The molecule has 0 aliphatic rings. The lowest BCUT2D eigenvalue weighted by atomic mass is 9.99. The number of methoxy groups -OCH3 is 1. The Kier molecular flexibility index (Phi) is 8.72. The predicted octanol–water partition coefficient (Wildman–Crippen LogP) is 7.81. The summed E-state index contributed by atoms with van der Waals surface area (Å²) in [7, 11) is 1.44. The first-order chi connectivity index (χ1) is 22.3. The second-order valence-electron chi connectivity index (χ2n) is 9.96. The van der Waals surface area contributed by atoms with Crippen LogP contribution in [0.2, 0.25) is 0 Å². The van der Waals surface area contributed by atoms with E-state index in [0.717, 1.165) is 35.0 Å². The van der Waals surface area contributed by atoms with Crippen LogP contribution >= 0.6 is 11.9 Å². The van der Waals surface area contributed by atoms with E-state index in [1.165, 1.54) is 37.4 Å². The van der Waals surface area contributed by atoms with Crippen LogP contribution in [0.5, 0.6) is 11.6 Å². The Morgan fingerprint density at radius 2 is 1.65 bits per heavy atom. The van der Waals surface area contributed by atoms with E-state index in [2.05, 4.69) is 20.2 Å². The second-order valence-corrected chi connectivity index (χ2v) is 10.8. The highest BCUT2D eigenvalue weighted by Gasteiger charge is 2.14.